The van der Waals surface area contributed by atoms with Crippen LogP contribution in [0.4, 0.5) is 11.4 Å². The zero-order chi connectivity index (χ0) is 38.7. The molecule has 0 saturated carbocycles. The lowest BCUT2D eigenvalue weighted by molar-refractivity contribution is -0.252. The Morgan fingerprint density at radius 2 is 1.16 bits per heavy atom. The Bertz CT molecular complexity index is 2880. The number of halogens is 2. The molecule has 2 aliphatic heterocycles. The molecule has 10 nitrogen and oxygen atoms in total. The van der Waals surface area contributed by atoms with Crippen molar-refractivity contribution in [3.63, 3.8) is 0 Å². The van der Waals surface area contributed by atoms with Crippen molar-refractivity contribution >= 4 is 84.2 Å². The summed E-state index contributed by atoms with van der Waals surface area (Å²) in [6.45, 7) is 6.08. The number of ether oxygens (including phenoxy) is 2. The lowest BCUT2D eigenvalue weighted by atomic mass is 10.1. The molecule has 2 N–H and O–H groups in total. The van der Waals surface area contributed by atoms with Crippen molar-refractivity contribution < 1.29 is 29.5 Å². The molecule has 12 heteroatoms. The van der Waals surface area contributed by atoms with Gasteiger partial charge in [-0.1, -0.05) is 81.6 Å². The van der Waals surface area contributed by atoms with E-state index in [9.17, 15) is 15.2 Å². The number of aromatic nitrogens is 2. The predicted octanol–water partition coefficient (Wildman–Crippen LogP) is 12.2. The number of hydrogen-bond acceptors (Lipinski definition) is 7. The number of carboxylic acids is 1. The first-order valence-electron chi connectivity index (χ1n) is 19.3. The fraction of sp³-hybridized carbons (Fsp3) is 0.295. The first-order chi connectivity index (χ1) is 27.3. The van der Waals surface area contributed by atoms with Gasteiger partial charge in [0.1, 0.15) is 38.7 Å². The third-order valence-corrected chi connectivity index (χ3v) is 11.7. The van der Waals surface area contributed by atoms with Gasteiger partial charge in [-0.3, -0.25) is 5.26 Å². The number of fused-ring (bicyclic) bond motifs is 10. The third-order valence-electron chi connectivity index (χ3n) is 11.0. The van der Waals surface area contributed by atoms with E-state index in [-0.39, 0.29) is 28.0 Å². The molecular weight excluding hydrogens is 751 g/mol. The van der Waals surface area contributed by atoms with Crippen LogP contribution in [0.3, 0.4) is 0 Å². The van der Waals surface area contributed by atoms with Gasteiger partial charge in [-0.15, -0.1) is 0 Å². The summed E-state index contributed by atoms with van der Waals surface area (Å²) in [5.74, 6) is 0.647. The Morgan fingerprint density at radius 3 is 1.66 bits per heavy atom. The smallest absolute Gasteiger partial charge is 0.335 e. The Hall–Kier alpha value is -5.13. The molecule has 286 valence electrons. The molecule has 7 aromatic rings. The van der Waals surface area contributed by atoms with Gasteiger partial charge in [0.05, 0.1) is 16.6 Å². The van der Waals surface area contributed by atoms with Crippen molar-refractivity contribution in [1.29, 1.82) is 0 Å². The van der Waals surface area contributed by atoms with Gasteiger partial charge < -0.3 is 23.7 Å². The van der Waals surface area contributed by atoms with E-state index in [1.54, 1.807) is 12.1 Å². The Balaban J connectivity index is 1.18. The molecule has 2 aromatic heterocycles. The van der Waals surface area contributed by atoms with Crippen molar-refractivity contribution in [2.75, 3.05) is 0 Å². The molecule has 0 bridgehead atoms. The molecule has 0 saturated heterocycles. The first kappa shape index (κ1) is 36.5. The summed E-state index contributed by atoms with van der Waals surface area (Å²) >= 11 is 14.3. The van der Waals surface area contributed by atoms with E-state index in [0.29, 0.717) is 39.3 Å². The molecule has 0 fully saturated rings. The van der Waals surface area contributed by atoms with E-state index in [1.807, 2.05) is 42.5 Å². The van der Waals surface area contributed by atoms with Crippen molar-refractivity contribution in [3.05, 3.63) is 92.6 Å². The molecule has 0 radical (unpaired) electrons. The summed E-state index contributed by atoms with van der Waals surface area (Å²) < 4.78 is 17.7. The number of carboxylic acid groups (broad SMARTS) is 1. The minimum absolute atomic E-state index is 0.0801. The number of aryl methyl sites for hydroxylation is 2. The van der Waals surface area contributed by atoms with Crippen LogP contribution in [0.25, 0.3) is 43.6 Å². The van der Waals surface area contributed by atoms with Crippen molar-refractivity contribution in [2.45, 2.75) is 84.9 Å². The highest BCUT2D eigenvalue weighted by molar-refractivity contribution is 6.35. The molecule has 0 spiro atoms. The Kier molecular flexibility index (Phi) is 9.61. The van der Waals surface area contributed by atoms with E-state index in [2.05, 4.69) is 33.9 Å². The van der Waals surface area contributed by atoms with Crippen LogP contribution in [0.5, 0.6) is 23.0 Å². The Labute approximate surface area is 332 Å². The minimum atomic E-state index is -0.981. The van der Waals surface area contributed by atoms with Crippen LogP contribution >= 0.6 is 23.2 Å². The van der Waals surface area contributed by atoms with E-state index in [4.69, 9.17) is 42.7 Å². The molecule has 2 aliphatic rings. The summed E-state index contributed by atoms with van der Waals surface area (Å²) in [4.78, 5) is 26.5. The molecule has 0 atom stereocenters. The van der Waals surface area contributed by atoms with E-state index in [0.717, 1.165) is 107 Å². The largest absolute Gasteiger partial charge is 0.478 e. The van der Waals surface area contributed by atoms with Crippen molar-refractivity contribution in [3.8, 4) is 23.0 Å². The van der Waals surface area contributed by atoms with Crippen LogP contribution < -0.4 is 20.2 Å². The summed E-state index contributed by atoms with van der Waals surface area (Å²) in [5.41, 5.74) is 6.15. The zero-order valence-corrected chi connectivity index (χ0v) is 32.6. The molecule has 4 heterocycles. The lowest BCUT2D eigenvalue weighted by Crippen LogP contribution is -2.22. The molecule has 0 aliphatic carbocycles. The number of carbonyl (C=O) groups is 1. The van der Waals surface area contributed by atoms with Gasteiger partial charge in [0.15, 0.2) is 23.0 Å². The summed E-state index contributed by atoms with van der Waals surface area (Å²) in [5, 5.41) is 23.9. The number of unbranched alkanes of at least 4 members (excludes halogenated alkanes) is 6. The Morgan fingerprint density at radius 1 is 0.661 bits per heavy atom. The zero-order valence-electron chi connectivity index (χ0n) is 31.1. The fourth-order valence-corrected chi connectivity index (χ4v) is 8.77. The highest BCUT2D eigenvalue weighted by atomic mass is 35.5. The summed E-state index contributed by atoms with van der Waals surface area (Å²) in [6.07, 6.45) is 8.83. The monoisotopic (exact) mass is 790 g/mol. The second-order valence-corrected chi connectivity index (χ2v) is 15.4. The third kappa shape index (κ3) is 6.07. The quantitative estimate of drug-likeness (QED) is 0.0681. The van der Waals surface area contributed by atoms with Gasteiger partial charge in [-0.2, -0.15) is 0 Å². The maximum Gasteiger partial charge on any atom is 0.335 e. The SMILES string of the molecule is CCCCCCn1c2ccc(COO)cc2c2cc3c(cc21)Oc1c(Cl)c2c(c(Cl)c1=N3)Oc1cc3c(cc1N=2)c1cc(C(=O)O)ccc1n3CCCCCC. The van der Waals surface area contributed by atoms with Gasteiger partial charge in [0.25, 0.3) is 0 Å². The number of nitrogens with zero attached hydrogens (tertiary/aromatic N) is 4. The molecule has 5 aromatic carbocycles. The standard InChI is InChI=1S/C44H40Cl2N4O6/c1-3-5-7-9-15-49-32-13-11-24(23-54-53)17-26(32)28-19-30-36(21-34(28)49)55-42-39(46)41-43(38(45)40(42)47-30)56-37-22-35-29(20-31(37)48-41)27-18-25(44(51)52)12-14-33(27)50(35)16-10-8-6-4-2/h11-14,17-22,53H,3-10,15-16,23H2,1-2H3,(H,51,52). The number of aromatic carboxylic acids is 1. The average molecular weight is 792 g/mol. The fourth-order valence-electron chi connectivity index (χ4n) is 8.25. The van der Waals surface area contributed by atoms with Gasteiger partial charge in [-0.25, -0.2) is 19.7 Å². The summed E-state index contributed by atoms with van der Waals surface area (Å²) in [7, 11) is 0. The molecule has 0 unspecified atom stereocenters. The van der Waals surface area contributed by atoms with Crippen LogP contribution in [-0.2, 0) is 24.6 Å². The lowest BCUT2D eigenvalue weighted by Gasteiger charge is -2.21. The maximum atomic E-state index is 12.0. The predicted molar refractivity (Wildman–Crippen MR) is 220 cm³/mol. The first-order valence-corrected chi connectivity index (χ1v) is 20.1. The molecule has 0 amide bonds. The minimum Gasteiger partial charge on any atom is -0.478 e. The van der Waals surface area contributed by atoms with Gasteiger partial charge in [-0.05, 0) is 60.9 Å². The molecule has 9 rings (SSSR count). The van der Waals surface area contributed by atoms with Crippen LogP contribution in [0.1, 0.15) is 81.1 Å². The average Bonchev–Trinajstić information content (AvgIpc) is 3.67. The van der Waals surface area contributed by atoms with Crippen LogP contribution in [-0.4, -0.2) is 25.5 Å². The second-order valence-electron chi connectivity index (χ2n) is 14.7. The van der Waals surface area contributed by atoms with Gasteiger partial charge in [0.2, 0.25) is 0 Å². The van der Waals surface area contributed by atoms with Crippen molar-refractivity contribution in [2.24, 2.45) is 9.98 Å². The van der Waals surface area contributed by atoms with Crippen LogP contribution in [0.2, 0.25) is 10.0 Å². The van der Waals surface area contributed by atoms with Gasteiger partial charge >= 0.3 is 5.97 Å². The summed E-state index contributed by atoms with van der Waals surface area (Å²) in [6, 6.07) is 19.2. The maximum absolute atomic E-state index is 12.0. The number of rotatable bonds is 13. The van der Waals surface area contributed by atoms with Crippen LogP contribution in [0, 0.1) is 0 Å². The van der Waals surface area contributed by atoms with Crippen molar-refractivity contribution in [1.82, 2.24) is 9.13 Å². The molecule has 56 heavy (non-hydrogen) atoms. The normalized spacial score (nSPS) is 12.9. The van der Waals surface area contributed by atoms with Gasteiger partial charge in [0, 0.05) is 57.8 Å². The molecular formula is C44H40Cl2N4O6. The number of benzene rings is 5. The van der Waals surface area contributed by atoms with Crippen LogP contribution in [0.15, 0.2) is 70.6 Å². The second kappa shape index (κ2) is 14.7. The van der Waals surface area contributed by atoms with E-state index >= 15 is 0 Å². The van der Waals surface area contributed by atoms with E-state index < -0.39 is 5.97 Å². The number of hydrogen-bond donors (Lipinski definition) is 2. The van der Waals surface area contributed by atoms with E-state index in [1.165, 1.54) is 6.42 Å². The topological polar surface area (TPSA) is 120 Å². The highest BCUT2D eigenvalue weighted by Gasteiger charge is 2.29. The highest BCUT2D eigenvalue weighted by Crippen LogP contribution is 2.47.